The van der Waals surface area contributed by atoms with Crippen LogP contribution in [0, 0.1) is 13.8 Å². The summed E-state index contributed by atoms with van der Waals surface area (Å²) in [7, 11) is 0. The van der Waals surface area contributed by atoms with Crippen LogP contribution >= 0.6 is 0 Å². The summed E-state index contributed by atoms with van der Waals surface area (Å²) >= 11 is 0. The molecule has 0 spiro atoms. The molecule has 0 atom stereocenters. The Kier molecular flexibility index (Phi) is 6.32. The van der Waals surface area contributed by atoms with Crippen molar-refractivity contribution >= 4 is 28.5 Å². The first-order valence-corrected chi connectivity index (χ1v) is 11.8. The van der Waals surface area contributed by atoms with Crippen LogP contribution in [-0.4, -0.2) is 63.1 Å². The Morgan fingerprint density at radius 1 is 1.19 bits per heavy atom. The molecule has 4 aromatic rings. The molecule has 1 aliphatic rings. The molecule has 4 heterocycles. The first kappa shape index (κ1) is 23.4. The van der Waals surface area contributed by atoms with E-state index in [1.807, 2.05) is 24.3 Å². The number of aromatic nitrogens is 4. The summed E-state index contributed by atoms with van der Waals surface area (Å²) in [6.45, 7) is 7.06. The fraction of sp³-hybridized carbons (Fsp3) is 0.308. The topological polar surface area (TPSA) is 123 Å². The van der Waals surface area contributed by atoms with E-state index in [1.54, 1.807) is 37.9 Å². The van der Waals surface area contributed by atoms with Crippen molar-refractivity contribution < 1.29 is 18.8 Å². The zero-order valence-corrected chi connectivity index (χ0v) is 20.4. The second-order valence-electron chi connectivity index (χ2n) is 8.54. The molecule has 5 rings (SSSR count). The molecular formula is C26H26N6O4. The first-order chi connectivity index (χ1) is 17.4. The van der Waals surface area contributed by atoms with Crippen LogP contribution in [0.15, 0.2) is 41.1 Å². The highest BCUT2D eigenvalue weighted by atomic mass is 16.5. The number of nitrogens with zero attached hydrogens (tertiary/aromatic N) is 5. The van der Waals surface area contributed by atoms with E-state index in [2.05, 4.69) is 25.4 Å². The summed E-state index contributed by atoms with van der Waals surface area (Å²) < 4.78 is 10.2. The van der Waals surface area contributed by atoms with Gasteiger partial charge in [-0.2, -0.15) is 4.98 Å². The Balaban J connectivity index is 1.31. The summed E-state index contributed by atoms with van der Waals surface area (Å²) in [5.41, 5.74) is 2.91. The van der Waals surface area contributed by atoms with Gasteiger partial charge in [0.05, 0.1) is 29.1 Å². The monoisotopic (exact) mass is 486 g/mol. The van der Waals surface area contributed by atoms with Crippen molar-refractivity contribution in [3.63, 3.8) is 0 Å². The van der Waals surface area contributed by atoms with Crippen LogP contribution in [0.2, 0.25) is 0 Å². The Morgan fingerprint density at radius 3 is 2.83 bits per heavy atom. The van der Waals surface area contributed by atoms with E-state index < -0.39 is 5.97 Å². The van der Waals surface area contributed by atoms with Gasteiger partial charge in [0.15, 0.2) is 0 Å². The second kappa shape index (κ2) is 9.73. The number of rotatable bonds is 7. The predicted octanol–water partition coefficient (Wildman–Crippen LogP) is 3.58. The van der Waals surface area contributed by atoms with Crippen LogP contribution in [0.1, 0.15) is 44.9 Å². The van der Waals surface area contributed by atoms with Crippen LogP contribution in [0.4, 0.5) is 5.82 Å². The number of carbonyl (C=O) groups is 2. The predicted molar refractivity (Wildman–Crippen MR) is 133 cm³/mol. The molecule has 1 amide bonds. The number of pyridine rings is 2. The molecule has 10 heteroatoms. The van der Waals surface area contributed by atoms with Crippen molar-refractivity contribution in [1.82, 2.24) is 25.0 Å². The van der Waals surface area contributed by atoms with E-state index >= 15 is 0 Å². The molecule has 184 valence electrons. The fourth-order valence-corrected chi connectivity index (χ4v) is 4.35. The standard InChI is InChI=1S/C26H26N6O4/c1-4-35-26(34)19-14-21-22(29-15(19)2)8-11-32(25(21)33)12-10-28-24-20-13-18(23-30-16(3)36-31-23)6-5-17(20)7-9-27-24/h5-7,9,13-14H,4,8,10-12H2,1-3H3,(H,27,28). The number of fused-ring (bicyclic) bond motifs is 2. The molecule has 0 bridgehead atoms. The van der Waals surface area contributed by atoms with Gasteiger partial charge in [-0.3, -0.25) is 9.78 Å². The molecule has 0 unspecified atom stereocenters. The smallest absolute Gasteiger partial charge is 0.339 e. The third kappa shape index (κ3) is 4.49. The van der Waals surface area contributed by atoms with Gasteiger partial charge in [0, 0.05) is 50.1 Å². The minimum absolute atomic E-state index is 0.142. The van der Waals surface area contributed by atoms with Crippen molar-refractivity contribution in [2.45, 2.75) is 27.2 Å². The summed E-state index contributed by atoms with van der Waals surface area (Å²) in [5.74, 6) is 1.13. The summed E-state index contributed by atoms with van der Waals surface area (Å²) in [4.78, 5) is 40.5. The Morgan fingerprint density at radius 2 is 2.06 bits per heavy atom. The van der Waals surface area contributed by atoms with E-state index in [9.17, 15) is 9.59 Å². The van der Waals surface area contributed by atoms with E-state index in [0.29, 0.717) is 60.4 Å². The van der Waals surface area contributed by atoms with Gasteiger partial charge in [-0.15, -0.1) is 0 Å². The van der Waals surface area contributed by atoms with Crippen molar-refractivity contribution in [2.75, 3.05) is 31.6 Å². The number of carbonyl (C=O) groups excluding carboxylic acids is 2. The Labute approximate surface area is 207 Å². The summed E-state index contributed by atoms with van der Waals surface area (Å²) in [5, 5.41) is 9.30. The zero-order valence-electron chi connectivity index (χ0n) is 20.4. The average molecular weight is 487 g/mol. The average Bonchev–Trinajstić information content (AvgIpc) is 3.31. The molecule has 0 aliphatic carbocycles. The molecule has 36 heavy (non-hydrogen) atoms. The Bertz CT molecular complexity index is 1460. The number of hydrogen-bond acceptors (Lipinski definition) is 9. The molecule has 0 saturated carbocycles. The van der Waals surface area contributed by atoms with Gasteiger partial charge in [-0.1, -0.05) is 17.3 Å². The van der Waals surface area contributed by atoms with Gasteiger partial charge in [0.1, 0.15) is 5.82 Å². The third-order valence-corrected chi connectivity index (χ3v) is 6.15. The molecule has 1 N–H and O–H groups in total. The van der Waals surface area contributed by atoms with E-state index in [4.69, 9.17) is 9.26 Å². The van der Waals surface area contributed by atoms with Crippen molar-refractivity contribution in [3.8, 4) is 11.4 Å². The molecule has 0 fully saturated rings. The number of nitrogens with one attached hydrogen (secondary N) is 1. The summed E-state index contributed by atoms with van der Waals surface area (Å²) in [6, 6.07) is 9.46. The lowest BCUT2D eigenvalue weighted by molar-refractivity contribution is 0.0525. The lowest BCUT2D eigenvalue weighted by atomic mass is 10.0. The number of anilines is 1. The van der Waals surface area contributed by atoms with E-state index in [1.165, 1.54) is 0 Å². The van der Waals surface area contributed by atoms with E-state index in [0.717, 1.165) is 22.0 Å². The molecule has 0 saturated heterocycles. The van der Waals surface area contributed by atoms with Crippen LogP contribution in [0.3, 0.4) is 0 Å². The zero-order chi connectivity index (χ0) is 25.2. The van der Waals surface area contributed by atoms with Crippen LogP contribution < -0.4 is 5.32 Å². The number of benzene rings is 1. The highest BCUT2D eigenvalue weighted by Crippen LogP contribution is 2.27. The summed E-state index contributed by atoms with van der Waals surface area (Å²) in [6.07, 6.45) is 2.38. The van der Waals surface area contributed by atoms with Gasteiger partial charge in [0.25, 0.3) is 5.91 Å². The van der Waals surface area contributed by atoms with Crippen LogP contribution in [0.25, 0.3) is 22.2 Å². The van der Waals surface area contributed by atoms with Crippen LogP contribution in [0.5, 0.6) is 0 Å². The lowest BCUT2D eigenvalue weighted by Gasteiger charge is -2.28. The maximum absolute atomic E-state index is 13.2. The van der Waals surface area contributed by atoms with Gasteiger partial charge in [-0.25, -0.2) is 9.78 Å². The highest BCUT2D eigenvalue weighted by Gasteiger charge is 2.27. The van der Waals surface area contributed by atoms with Crippen molar-refractivity contribution in [1.29, 1.82) is 0 Å². The molecular weight excluding hydrogens is 460 g/mol. The number of aryl methyl sites for hydroxylation is 2. The van der Waals surface area contributed by atoms with Gasteiger partial charge in [-0.05, 0) is 37.4 Å². The van der Waals surface area contributed by atoms with Gasteiger partial charge < -0.3 is 19.5 Å². The Hall–Kier alpha value is -4.34. The highest BCUT2D eigenvalue weighted by molar-refractivity contribution is 6.00. The number of esters is 1. The van der Waals surface area contributed by atoms with Crippen molar-refractivity contribution in [3.05, 3.63) is 64.9 Å². The van der Waals surface area contributed by atoms with Crippen LogP contribution in [-0.2, 0) is 11.2 Å². The molecule has 1 aliphatic heterocycles. The number of amides is 1. The SMILES string of the molecule is CCOC(=O)c1cc2c(nc1C)CCN(CCNc1nccc3ccc(-c4noc(C)n4)cc13)C2=O. The third-order valence-electron chi connectivity index (χ3n) is 6.15. The van der Waals surface area contributed by atoms with E-state index in [-0.39, 0.29) is 12.5 Å². The van der Waals surface area contributed by atoms with Crippen molar-refractivity contribution in [2.24, 2.45) is 0 Å². The fourth-order valence-electron chi connectivity index (χ4n) is 4.35. The second-order valence-corrected chi connectivity index (χ2v) is 8.54. The molecule has 3 aromatic heterocycles. The minimum atomic E-state index is -0.464. The molecule has 10 nitrogen and oxygen atoms in total. The van der Waals surface area contributed by atoms with Gasteiger partial charge >= 0.3 is 5.97 Å². The lowest BCUT2D eigenvalue weighted by Crippen LogP contribution is -2.41. The molecule has 1 aromatic carbocycles. The molecule has 0 radical (unpaired) electrons. The number of hydrogen-bond donors (Lipinski definition) is 1. The maximum atomic E-state index is 13.2. The largest absolute Gasteiger partial charge is 0.462 e. The minimum Gasteiger partial charge on any atom is -0.462 e. The normalized spacial score (nSPS) is 13.1. The quantitative estimate of drug-likeness (QED) is 0.390. The maximum Gasteiger partial charge on any atom is 0.339 e. The van der Waals surface area contributed by atoms with Gasteiger partial charge in [0.2, 0.25) is 11.7 Å². The first-order valence-electron chi connectivity index (χ1n) is 11.8. The number of ether oxygens (including phenoxy) is 1.